The van der Waals surface area contributed by atoms with Gasteiger partial charge in [0.25, 0.3) is 0 Å². The summed E-state index contributed by atoms with van der Waals surface area (Å²) < 4.78 is 0. The number of fused-ring (bicyclic) bond motifs is 1. The van der Waals surface area contributed by atoms with Crippen molar-refractivity contribution in [3.05, 3.63) is 0 Å². The van der Waals surface area contributed by atoms with E-state index in [1.165, 1.54) is 71.0 Å². The van der Waals surface area contributed by atoms with Crippen LogP contribution in [0.25, 0.3) is 0 Å². The maximum absolute atomic E-state index is 10.6. The van der Waals surface area contributed by atoms with Crippen LogP contribution < -0.4 is 0 Å². The first-order chi connectivity index (χ1) is 9.74. The van der Waals surface area contributed by atoms with Crippen LogP contribution in [0.1, 0.15) is 58.3 Å². The lowest BCUT2D eigenvalue weighted by Gasteiger charge is -2.48. The first kappa shape index (κ1) is 14.8. The minimum Gasteiger partial charge on any atom is -0.392 e. The number of piperazine rings is 1. The SMILES string of the molecule is CC1CN2CCCCC2CN1CC(O)C1CCCCC1. The van der Waals surface area contributed by atoms with Crippen molar-refractivity contribution in [2.75, 3.05) is 26.2 Å². The Morgan fingerprint density at radius 3 is 2.55 bits per heavy atom. The minimum atomic E-state index is -0.0899. The zero-order valence-electron chi connectivity index (χ0n) is 13.1. The van der Waals surface area contributed by atoms with Gasteiger partial charge in [0.2, 0.25) is 0 Å². The molecule has 0 bridgehead atoms. The Labute approximate surface area is 124 Å². The van der Waals surface area contributed by atoms with Crippen molar-refractivity contribution >= 4 is 0 Å². The van der Waals surface area contributed by atoms with Crippen LogP contribution in [0.5, 0.6) is 0 Å². The molecule has 2 aliphatic heterocycles. The lowest BCUT2D eigenvalue weighted by atomic mass is 9.84. The Morgan fingerprint density at radius 1 is 1.00 bits per heavy atom. The smallest absolute Gasteiger partial charge is 0.0695 e. The van der Waals surface area contributed by atoms with Gasteiger partial charge in [-0.2, -0.15) is 0 Å². The molecule has 1 aliphatic carbocycles. The average Bonchev–Trinajstić information content (AvgIpc) is 2.49. The van der Waals surface area contributed by atoms with Crippen LogP contribution >= 0.6 is 0 Å². The van der Waals surface area contributed by atoms with Gasteiger partial charge in [-0.25, -0.2) is 0 Å². The van der Waals surface area contributed by atoms with Gasteiger partial charge in [-0.3, -0.25) is 9.80 Å². The molecular formula is C17H32N2O. The number of hydrogen-bond donors (Lipinski definition) is 1. The third-order valence-electron chi connectivity index (χ3n) is 5.93. The molecule has 2 heterocycles. The summed E-state index contributed by atoms with van der Waals surface area (Å²) >= 11 is 0. The summed E-state index contributed by atoms with van der Waals surface area (Å²) in [5, 5.41) is 10.6. The highest BCUT2D eigenvalue weighted by Gasteiger charge is 2.34. The molecule has 0 radical (unpaired) electrons. The van der Waals surface area contributed by atoms with Crippen molar-refractivity contribution in [2.24, 2.45) is 5.92 Å². The molecule has 20 heavy (non-hydrogen) atoms. The monoisotopic (exact) mass is 280 g/mol. The molecule has 1 N–H and O–H groups in total. The highest BCUT2D eigenvalue weighted by Crippen LogP contribution is 2.29. The first-order valence-electron chi connectivity index (χ1n) is 8.90. The van der Waals surface area contributed by atoms with Crippen molar-refractivity contribution in [1.29, 1.82) is 0 Å². The number of aliphatic hydroxyl groups excluding tert-OH is 1. The van der Waals surface area contributed by atoms with Crippen molar-refractivity contribution in [3.63, 3.8) is 0 Å². The predicted molar refractivity (Wildman–Crippen MR) is 82.8 cm³/mol. The lowest BCUT2D eigenvalue weighted by Crippen LogP contribution is -2.60. The maximum Gasteiger partial charge on any atom is 0.0695 e. The molecule has 3 aliphatic rings. The largest absolute Gasteiger partial charge is 0.392 e. The number of β-amino-alcohol motifs (C(OH)–C–C–N with tert-alkyl or cyclic N) is 1. The molecule has 3 atom stereocenters. The van der Waals surface area contributed by atoms with E-state index in [1.54, 1.807) is 0 Å². The molecule has 3 heteroatoms. The Bertz CT molecular complexity index is 303. The summed E-state index contributed by atoms with van der Waals surface area (Å²) in [5.41, 5.74) is 0. The molecular weight excluding hydrogens is 248 g/mol. The molecule has 3 fully saturated rings. The van der Waals surface area contributed by atoms with E-state index >= 15 is 0 Å². The van der Waals surface area contributed by atoms with Crippen molar-refractivity contribution in [2.45, 2.75) is 76.5 Å². The fourth-order valence-corrected chi connectivity index (χ4v) is 4.58. The zero-order chi connectivity index (χ0) is 13.9. The van der Waals surface area contributed by atoms with Gasteiger partial charge in [-0.05, 0) is 45.1 Å². The molecule has 0 spiro atoms. The predicted octanol–water partition coefficient (Wildman–Crippen LogP) is 2.49. The summed E-state index contributed by atoms with van der Waals surface area (Å²) in [6.07, 6.45) is 10.6. The normalized spacial score (nSPS) is 35.7. The van der Waals surface area contributed by atoms with Gasteiger partial charge < -0.3 is 5.11 Å². The lowest BCUT2D eigenvalue weighted by molar-refractivity contribution is -0.0232. The van der Waals surface area contributed by atoms with E-state index in [0.29, 0.717) is 12.0 Å². The fourth-order valence-electron chi connectivity index (χ4n) is 4.58. The number of aliphatic hydroxyl groups is 1. The van der Waals surface area contributed by atoms with E-state index in [2.05, 4.69) is 16.7 Å². The van der Waals surface area contributed by atoms with Gasteiger partial charge in [-0.15, -0.1) is 0 Å². The number of piperidine rings is 1. The molecule has 0 amide bonds. The third kappa shape index (κ3) is 3.37. The van der Waals surface area contributed by atoms with Gasteiger partial charge in [0, 0.05) is 31.7 Å². The molecule has 0 aromatic carbocycles. The van der Waals surface area contributed by atoms with Crippen LogP contribution in [-0.2, 0) is 0 Å². The van der Waals surface area contributed by atoms with Crippen LogP contribution in [-0.4, -0.2) is 59.3 Å². The Morgan fingerprint density at radius 2 is 1.75 bits per heavy atom. The first-order valence-corrected chi connectivity index (χ1v) is 8.90. The third-order valence-corrected chi connectivity index (χ3v) is 5.93. The number of rotatable bonds is 3. The van der Waals surface area contributed by atoms with E-state index in [-0.39, 0.29) is 6.10 Å². The molecule has 2 saturated heterocycles. The van der Waals surface area contributed by atoms with Crippen LogP contribution in [0.15, 0.2) is 0 Å². The second kappa shape index (κ2) is 6.76. The summed E-state index contributed by atoms with van der Waals surface area (Å²) in [5.74, 6) is 0.570. The van der Waals surface area contributed by atoms with Gasteiger partial charge in [-0.1, -0.05) is 25.7 Å². The second-order valence-corrected chi connectivity index (χ2v) is 7.41. The fraction of sp³-hybridized carbons (Fsp3) is 1.00. The zero-order valence-corrected chi connectivity index (χ0v) is 13.1. The molecule has 3 rings (SSSR count). The minimum absolute atomic E-state index is 0.0899. The Hall–Kier alpha value is -0.120. The van der Waals surface area contributed by atoms with E-state index in [0.717, 1.165) is 12.6 Å². The van der Waals surface area contributed by atoms with Crippen LogP contribution in [0.2, 0.25) is 0 Å². The van der Waals surface area contributed by atoms with Crippen LogP contribution in [0.4, 0.5) is 0 Å². The molecule has 0 aromatic heterocycles. The molecule has 116 valence electrons. The van der Waals surface area contributed by atoms with Crippen molar-refractivity contribution in [1.82, 2.24) is 9.80 Å². The summed E-state index contributed by atoms with van der Waals surface area (Å²) in [7, 11) is 0. The topological polar surface area (TPSA) is 26.7 Å². The number of nitrogens with zero attached hydrogens (tertiary/aromatic N) is 2. The van der Waals surface area contributed by atoms with Gasteiger partial charge in [0.15, 0.2) is 0 Å². The Kier molecular flexibility index (Phi) is 5.00. The van der Waals surface area contributed by atoms with Crippen molar-refractivity contribution < 1.29 is 5.11 Å². The summed E-state index contributed by atoms with van der Waals surface area (Å²) in [4.78, 5) is 5.27. The van der Waals surface area contributed by atoms with Gasteiger partial charge in [0.05, 0.1) is 6.10 Å². The Balaban J connectivity index is 1.53. The van der Waals surface area contributed by atoms with E-state index in [4.69, 9.17) is 0 Å². The van der Waals surface area contributed by atoms with Gasteiger partial charge in [0.1, 0.15) is 0 Å². The van der Waals surface area contributed by atoms with Crippen LogP contribution in [0.3, 0.4) is 0 Å². The molecule has 0 aromatic rings. The molecule has 1 saturated carbocycles. The molecule has 3 nitrogen and oxygen atoms in total. The number of hydrogen-bond acceptors (Lipinski definition) is 3. The standard InChI is InChI=1S/C17H32N2O/c1-14-11-18-10-6-5-9-16(18)12-19(14)13-17(20)15-7-3-2-4-8-15/h14-17,20H,2-13H2,1H3. The molecule has 3 unspecified atom stereocenters. The van der Waals surface area contributed by atoms with E-state index in [1.807, 2.05) is 0 Å². The summed E-state index contributed by atoms with van der Waals surface area (Å²) in [6, 6.07) is 1.38. The maximum atomic E-state index is 10.6. The van der Waals surface area contributed by atoms with E-state index < -0.39 is 0 Å². The highest BCUT2D eigenvalue weighted by molar-refractivity contribution is 4.90. The van der Waals surface area contributed by atoms with Crippen molar-refractivity contribution in [3.8, 4) is 0 Å². The second-order valence-electron chi connectivity index (χ2n) is 7.41. The quantitative estimate of drug-likeness (QED) is 0.860. The van der Waals surface area contributed by atoms with Gasteiger partial charge >= 0.3 is 0 Å². The van der Waals surface area contributed by atoms with Crippen LogP contribution in [0, 0.1) is 5.92 Å². The summed E-state index contributed by atoms with van der Waals surface area (Å²) in [6.45, 7) is 6.95. The average molecular weight is 280 g/mol. The highest BCUT2D eigenvalue weighted by atomic mass is 16.3. The van der Waals surface area contributed by atoms with E-state index in [9.17, 15) is 5.11 Å².